The number of nitrogens with zero attached hydrogens (tertiary/aromatic N) is 3. The van der Waals surface area contributed by atoms with Crippen molar-refractivity contribution in [2.45, 2.75) is 18.6 Å². The largest absolute Gasteiger partial charge is 0.467 e. The van der Waals surface area contributed by atoms with Gasteiger partial charge in [0, 0.05) is 15.7 Å². The standard InChI is InChI=1S/C22H19BrN4O2S/c1-15-4-6-16(7-5-15)21-25-26-22(27(21)13-19-3-2-12-29-19)30-14-20(28)24-18-10-8-17(23)9-11-18/h2-12H,13-14H2,1H3,(H,24,28). The summed E-state index contributed by atoms with van der Waals surface area (Å²) >= 11 is 4.73. The van der Waals surface area contributed by atoms with Gasteiger partial charge in [-0.1, -0.05) is 57.5 Å². The molecule has 0 saturated carbocycles. The van der Waals surface area contributed by atoms with E-state index in [0.717, 1.165) is 27.3 Å². The molecular weight excluding hydrogens is 464 g/mol. The molecule has 0 atom stereocenters. The Morgan fingerprint density at radius 3 is 2.57 bits per heavy atom. The van der Waals surface area contributed by atoms with Gasteiger partial charge >= 0.3 is 0 Å². The molecule has 0 fully saturated rings. The molecule has 0 unspecified atom stereocenters. The number of hydrogen-bond donors (Lipinski definition) is 1. The first-order valence-corrected chi connectivity index (χ1v) is 11.1. The van der Waals surface area contributed by atoms with Crippen LogP contribution in [0, 0.1) is 6.92 Å². The fraction of sp³-hybridized carbons (Fsp3) is 0.136. The lowest BCUT2D eigenvalue weighted by atomic mass is 10.1. The number of furan rings is 1. The van der Waals surface area contributed by atoms with Gasteiger partial charge in [0.05, 0.1) is 18.6 Å². The highest BCUT2D eigenvalue weighted by molar-refractivity contribution is 9.10. The van der Waals surface area contributed by atoms with Gasteiger partial charge in [0.15, 0.2) is 11.0 Å². The Morgan fingerprint density at radius 1 is 1.10 bits per heavy atom. The van der Waals surface area contributed by atoms with E-state index in [1.807, 2.05) is 72.2 Å². The first-order valence-electron chi connectivity index (χ1n) is 9.29. The molecule has 0 saturated heterocycles. The van der Waals surface area contributed by atoms with E-state index in [4.69, 9.17) is 4.42 Å². The number of hydrogen-bond acceptors (Lipinski definition) is 5. The van der Waals surface area contributed by atoms with E-state index in [0.29, 0.717) is 11.7 Å². The van der Waals surface area contributed by atoms with Gasteiger partial charge in [0.1, 0.15) is 5.76 Å². The smallest absolute Gasteiger partial charge is 0.234 e. The van der Waals surface area contributed by atoms with E-state index >= 15 is 0 Å². The second kappa shape index (κ2) is 9.32. The predicted octanol–water partition coefficient (Wildman–Crippen LogP) is 5.39. The number of nitrogens with one attached hydrogen (secondary N) is 1. The fourth-order valence-electron chi connectivity index (χ4n) is 2.87. The van der Waals surface area contributed by atoms with Gasteiger partial charge in [0.2, 0.25) is 5.91 Å². The third-order valence-electron chi connectivity index (χ3n) is 4.38. The number of amides is 1. The zero-order valence-corrected chi connectivity index (χ0v) is 18.6. The summed E-state index contributed by atoms with van der Waals surface area (Å²) in [6.45, 7) is 2.53. The number of halogens is 1. The molecule has 2 aromatic heterocycles. The van der Waals surface area contributed by atoms with Gasteiger partial charge in [-0.3, -0.25) is 9.36 Å². The molecule has 30 heavy (non-hydrogen) atoms. The minimum Gasteiger partial charge on any atom is -0.467 e. The molecule has 0 bridgehead atoms. The Kier molecular flexibility index (Phi) is 6.35. The number of aryl methyl sites for hydroxylation is 1. The Hall–Kier alpha value is -2.84. The maximum atomic E-state index is 12.4. The molecule has 6 nitrogen and oxygen atoms in total. The summed E-state index contributed by atoms with van der Waals surface area (Å²) in [5.41, 5.74) is 2.89. The molecule has 4 rings (SSSR count). The third kappa shape index (κ3) is 5.01. The molecule has 8 heteroatoms. The van der Waals surface area contributed by atoms with E-state index in [-0.39, 0.29) is 11.7 Å². The summed E-state index contributed by atoms with van der Waals surface area (Å²) in [5, 5.41) is 12.3. The summed E-state index contributed by atoms with van der Waals surface area (Å²) in [4.78, 5) is 12.4. The molecule has 2 aromatic carbocycles. The number of carbonyl (C=O) groups excluding carboxylic acids is 1. The number of anilines is 1. The Bertz CT molecular complexity index is 1120. The van der Waals surface area contributed by atoms with Crippen LogP contribution >= 0.6 is 27.7 Å². The molecule has 0 aliphatic heterocycles. The molecule has 1 amide bonds. The molecule has 152 valence electrons. The van der Waals surface area contributed by atoms with Gasteiger partial charge in [-0.05, 0) is 43.3 Å². The van der Waals surface area contributed by atoms with Crippen LogP contribution in [0.5, 0.6) is 0 Å². The van der Waals surface area contributed by atoms with Crippen LogP contribution in [0.3, 0.4) is 0 Å². The summed E-state index contributed by atoms with van der Waals surface area (Å²) in [5.74, 6) is 1.65. The first-order chi connectivity index (χ1) is 14.6. The topological polar surface area (TPSA) is 73.0 Å². The molecule has 0 spiro atoms. The van der Waals surface area contributed by atoms with E-state index in [1.54, 1.807) is 6.26 Å². The maximum Gasteiger partial charge on any atom is 0.234 e. The second-order valence-corrected chi connectivity index (χ2v) is 8.54. The fourth-order valence-corrected chi connectivity index (χ4v) is 3.88. The quantitative estimate of drug-likeness (QED) is 0.357. The van der Waals surface area contributed by atoms with Gasteiger partial charge in [-0.15, -0.1) is 10.2 Å². The average molecular weight is 483 g/mol. The van der Waals surface area contributed by atoms with Crippen LogP contribution < -0.4 is 5.32 Å². The van der Waals surface area contributed by atoms with Crippen molar-refractivity contribution < 1.29 is 9.21 Å². The van der Waals surface area contributed by atoms with Crippen molar-refractivity contribution in [3.8, 4) is 11.4 Å². The minimum atomic E-state index is -0.105. The Balaban J connectivity index is 1.52. The van der Waals surface area contributed by atoms with E-state index in [1.165, 1.54) is 17.3 Å². The predicted molar refractivity (Wildman–Crippen MR) is 122 cm³/mol. The molecule has 0 aliphatic rings. The van der Waals surface area contributed by atoms with Crippen molar-refractivity contribution in [1.29, 1.82) is 0 Å². The molecule has 0 radical (unpaired) electrons. The van der Waals surface area contributed by atoms with Crippen LogP contribution in [0.15, 0.2) is 81.0 Å². The van der Waals surface area contributed by atoms with Gasteiger partial charge in [-0.2, -0.15) is 0 Å². The SMILES string of the molecule is Cc1ccc(-c2nnc(SCC(=O)Nc3ccc(Br)cc3)n2Cc2ccco2)cc1. The van der Waals surface area contributed by atoms with Crippen molar-refractivity contribution in [3.63, 3.8) is 0 Å². The average Bonchev–Trinajstić information content (AvgIpc) is 3.39. The molecule has 1 N–H and O–H groups in total. The highest BCUT2D eigenvalue weighted by Crippen LogP contribution is 2.26. The Labute approximate surface area is 186 Å². The van der Waals surface area contributed by atoms with E-state index in [2.05, 4.69) is 31.4 Å². The monoisotopic (exact) mass is 482 g/mol. The normalized spacial score (nSPS) is 10.9. The van der Waals surface area contributed by atoms with Crippen LogP contribution in [0.4, 0.5) is 5.69 Å². The van der Waals surface area contributed by atoms with Crippen LogP contribution in [0.1, 0.15) is 11.3 Å². The molecule has 2 heterocycles. The molecule has 0 aliphatic carbocycles. The lowest BCUT2D eigenvalue weighted by Crippen LogP contribution is -2.14. The maximum absolute atomic E-state index is 12.4. The van der Waals surface area contributed by atoms with Crippen molar-refractivity contribution >= 4 is 39.3 Å². The summed E-state index contributed by atoms with van der Waals surface area (Å²) in [6.07, 6.45) is 1.64. The highest BCUT2D eigenvalue weighted by Gasteiger charge is 2.17. The number of aromatic nitrogens is 3. The number of benzene rings is 2. The van der Waals surface area contributed by atoms with Gasteiger partial charge < -0.3 is 9.73 Å². The second-order valence-electron chi connectivity index (χ2n) is 6.68. The van der Waals surface area contributed by atoms with Crippen molar-refractivity contribution in [1.82, 2.24) is 14.8 Å². The van der Waals surface area contributed by atoms with Crippen LogP contribution in [0.2, 0.25) is 0 Å². The molecule has 4 aromatic rings. The number of carbonyl (C=O) groups is 1. The van der Waals surface area contributed by atoms with Gasteiger partial charge in [0.25, 0.3) is 0 Å². The zero-order chi connectivity index (χ0) is 20.9. The summed E-state index contributed by atoms with van der Waals surface area (Å²) in [7, 11) is 0. The van der Waals surface area contributed by atoms with Crippen molar-refractivity contribution in [3.05, 3.63) is 82.7 Å². The highest BCUT2D eigenvalue weighted by atomic mass is 79.9. The Morgan fingerprint density at radius 2 is 1.87 bits per heavy atom. The van der Waals surface area contributed by atoms with Crippen molar-refractivity contribution in [2.75, 3.05) is 11.1 Å². The zero-order valence-electron chi connectivity index (χ0n) is 16.2. The van der Waals surface area contributed by atoms with Crippen LogP contribution in [0.25, 0.3) is 11.4 Å². The summed E-state index contributed by atoms with van der Waals surface area (Å²) in [6, 6.07) is 19.4. The number of rotatable bonds is 7. The van der Waals surface area contributed by atoms with Gasteiger partial charge in [-0.25, -0.2) is 0 Å². The van der Waals surface area contributed by atoms with Crippen LogP contribution in [-0.4, -0.2) is 26.4 Å². The summed E-state index contributed by atoms with van der Waals surface area (Å²) < 4.78 is 8.45. The lowest BCUT2D eigenvalue weighted by Gasteiger charge is -2.09. The van der Waals surface area contributed by atoms with Crippen LogP contribution in [-0.2, 0) is 11.3 Å². The molecular formula is C22H19BrN4O2S. The first kappa shape index (κ1) is 20.4. The minimum absolute atomic E-state index is 0.105. The number of thioether (sulfide) groups is 1. The van der Waals surface area contributed by atoms with E-state index < -0.39 is 0 Å². The van der Waals surface area contributed by atoms with Crippen molar-refractivity contribution in [2.24, 2.45) is 0 Å². The third-order valence-corrected chi connectivity index (χ3v) is 5.88. The van der Waals surface area contributed by atoms with E-state index in [9.17, 15) is 4.79 Å². The lowest BCUT2D eigenvalue weighted by molar-refractivity contribution is -0.113.